The van der Waals surface area contributed by atoms with E-state index in [4.69, 9.17) is 5.11 Å². The van der Waals surface area contributed by atoms with E-state index in [2.05, 4.69) is 21.9 Å². The van der Waals surface area contributed by atoms with Gasteiger partial charge in [-0.3, -0.25) is 0 Å². The number of carbonyl (C=O) groups is 1. The Bertz CT molecular complexity index is 483. The van der Waals surface area contributed by atoms with Gasteiger partial charge in [0.15, 0.2) is 0 Å². The maximum Gasteiger partial charge on any atom is 0.416 e. The summed E-state index contributed by atoms with van der Waals surface area (Å²) in [7, 11) is 0. The molecule has 0 aromatic heterocycles. The summed E-state index contributed by atoms with van der Waals surface area (Å²) in [6.45, 7) is 0. The second kappa shape index (κ2) is 4.58. The first-order chi connectivity index (χ1) is 7.30. The van der Waals surface area contributed by atoms with Crippen LogP contribution in [0.3, 0.4) is 0 Å². The molecular formula is C10H4BrF3O2. The zero-order chi connectivity index (χ0) is 12.3. The zero-order valence-corrected chi connectivity index (χ0v) is 9.19. The van der Waals surface area contributed by atoms with Gasteiger partial charge in [0, 0.05) is 16.0 Å². The van der Waals surface area contributed by atoms with Gasteiger partial charge >= 0.3 is 12.1 Å². The fourth-order valence-corrected chi connectivity index (χ4v) is 1.26. The highest BCUT2D eigenvalue weighted by Gasteiger charge is 2.30. The Morgan fingerprint density at radius 2 is 2.00 bits per heavy atom. The number of carboxylic acids is 1. The molecule has 0 saturated heterocycles. The number of aliphatic carboxylic acids is 1. The normalized spacial score (nSPS) is 10.5. The molecule has 0 aliphatic heterocycles. The third-order valence-corrected chi connectivity index (χ3v) is 2.29. The first-order valence-electron chi connectivity index (χ1n) is 3.92. The van der Waals surface area contributed by atoms with Gasteiger partial charge in [-0.25, -0.2) is 4.79 Å². The Hall–Kier alpha value is -1.48. The average Bonchev–Trinajstić information content (AvgIpc) is 2.14. The van der Waals surface area contributed by atoms with E-state index in [1.165, 1.54) is 6.07 Å². The summed E-state index contributed by atoms with van der Waals surface area (Å²) < 4.78 is 37.3. The summed E-state index contributed by atoms with van der Waals surface area (Å²) in [6.07, 6.45) is -4.47. The van der Waals surface area contributed by atoms with E-state index in [1.54, 1.807) is 5.92 Å². The molecule has 0 saturated carbocycles. The van der Waals surface area contributed by atoms with Crippen LogP contribution in [-0.2, 0) is 11.0 Å². The lowest BCUT2D eigenvalue weighted by Crippen LogP contribution is -2.05. The van der Waals surface area contributed by atoms with Crippen molar-refractivity contribution in [1.29, 1.82) is 0 Å². The monoisotopic (exact) mass is 292 g/mol. The average molecular weight is 293 g/mol. The number of halogens is 4. The van der Waals surface area contributed by atoms with E-state index in [0.717, 1.165) is 12.1 Å². The molecule has 0 aliphatic rings. The second-order valence-corrected chi connectivity index (χ2v) is 3.60. The van der Waals surface area contributed by atoms with E-state index >= 15 is 0 Å². The summed E-state index contributed by atoms with van der Waals surface area (Å²) >= 11 is 2.98. The summed E-state index contributed by atoms with van der Waals surface area (Å²) in [5.41, 5.74) is -0.886. The van der Waals surface area contributed by atoms with Crippen LogP contribution < -0.4 is 0 Å². The molecule has 0 atom stereocenters. The molecule has 0 bridgehead atoms. The maximum atomic E-state index is 12.3. The second-order valence-electron chi connectivity index (χ2n) is 2.75. The van der Waals surface area contributed by atoms with Crippen LogP contribution in [0.25, 0.3) is 0 Å². The van der Waals surface area contributed by atoms with Crippen LogP contribution in [0.4, 0.5) is 13.2 Å². The molecule has 0 heterocycles. The maximum absolute atomic E-state index is 12.3. The van der Waals surface area contributed by atoms with Gasteiger partial charge in [-0.15, -0.1) is 0 Å². The largest absolute Gasteiger partial charge is 0.472 e. The standard InChI is InChI=1S/C10H4BrF3O2/c11-8-3-2-7(10(12,13)14)5-6(8)1-4-9(15)16/h2-3,5H,(H,15,16). The lowest BCUT2D eigenvalue weighted by Gasteiger charge is -2.07. The minimum absolute atomic E-state index is 0.0165. The van der Waals surface area contributed by atoms with Crippen LogP contribution in [0, 0.1) is 11.8 Å². The molecule has 16 heavy (non-hydrogen) atoms. The van der Waals surface area contributed by atoms with Crippen LogP contribution in [0.15, 0.2) is 22.7 Å². The van der Waals surface area contributed by atoms with Crippen LogP contribution in [-0.4, -0.2) is 11.1 Å². The van der Waals surface area contributed by atoms with Gasteiger partial charge in [0.25, 0.3) is 0 Å². The predicted octanol–water partition coefficient (Wildman–Crippen LogP) is 2.90. The molecular weight excluding hydrogens is 289 g/mol. The Morgan fingerprint density at radius 3 is 2.50 bits per heavy atom. The van der Waals surface area contributed by atoms with Gasteiger partial charge in [0.1, 0.15) is 0 Å². The highest BCUT2D eigenvalue weighted by Crippen LogP contribution is 2.31. The van der Waals surface area contributed by atoms with Crippen molar-refractivity contribution in [3.8, 4) is 11.8 Å². The van der Waals surface area contributed by atoms with E-state index < -0.39 is 17.7 Å². The SMILES string of the molecule is O=C(O)C#Cc1cc(C(F)(F)F)ccc1Br. The molecule has 0 fully saturated rings. The van der Waals surface area contributed by atoms with E-state index in [1.807, 2.05) is 0 Å². The Kier molecular flexibility index (Phi) is 3.60. The fraction of sp³-hybridized carbons (Fsp3) is 0.100. The third kappa shape index (κ3) is 3.28. The summed E-state index contributed by atoms with van der Waals surface area (Å²) in [6, 6.07) is 2.85. The molecule has 2 nitrogen and oxygen atoms in total. The van der Waals surface area contributed by atoms with E-state index in [-0.39, 0.29) is 5.56 Å². The molecule has 1 rings (SSSR count). The highest BCUT2D eigenvalue weighted by atomic mass is 79.9. The lowest BCUT2D eigenvalue weighted by molar-refractivity contribution is -0.137. The van der Waals surface area contributed by atoms with Gasteiger partial charge < -0.3 is 5.11 Å². The van der Waals surface area contributed by atoms with Crippen LogP contribution >= 0.6 is 15.9 Å². The summed E-state index contributed by atoms with van der Waals surface area (Å²) in [5.74, 6) is 2.48. The zero-order valence-electron chi connectivity index (χ0n) is 7.60. The Labute approximate surface area is 97.2 Å². The number of rotatable bonds is 0. The molecule has 0 radical (unpaired) electrons. The van der Waals surface area contributed by atoms with Crippen molar-refractivity contribution >= 4 is 21.9 Å². The molecule has 0 unspecified atom stereocenters. The lowest BCUT2D eigenvalue weighted by atomic mass is 10.1. The van der Waals surface area contributed by atoms with Crippen molar-refractivity contribution in [3.05, 3.63) is 33.8 Å². The highest BCUT2D eigenvalue weighted by molar-refractivity contribution is 9.10. The van der Waals surface area contributed by atoms with Crippen molar-refractivity contribution in [2.75, 3.05) is 0 Å². The van der Waals surface area contributed by atoms with Gasteiger partial charge in [0.05, 0.1) is 5.56 Å². The van der Waals surface area contributed by atoms with Crippen molar-refractivity contribution in [2.24, 2.45) is 0 Å². The van der Waals surface area contributed by atoms with Gasteiger partial charge in [-0.05, 0) is 34.1 Å². The Balaban J connectivity index is 3.21. The van der Waals surface area contributed by atoms with Crippen LogP contribution in [0.5, 0.6) is 0 Å². The van der Waals surface area contributed by atoms with Crippen LogP contribution in [0.2, 0.25) is 0 Å². The van der Waals surface area contributed by atoms with Gasteiger partial charge in [-0.2, -0.15) is 13.2 Å². The topological polar surface area (TPSA) is 37.3 Å². The molecule has 1 N–H and O–H groups in total. The van der Waals surface area contributed by atoms with Crippen molar-refractivity contribution in [3.63, 3.8) is 0 Å². The van der Waals surface area contributed by atoms with Crippen molar-refractivity contribution in [1.82, 2.24) is 0 Å². The van der Waals surface area contributed by atoms with Gasteiger partial charge in [0.2, 0.25) is 0 Å². The fourth-order valence-electron chi connectivity index (χ4n) is 0.918. The van der Waals surface area contributed by atoms with Crippen molar-refractivity contribution < 1.29 is 23.1 Å². The number of hydrogen-bond donors (Lipinski definition) is 1. The smallest absolute Gasteiger partial charge is 0.416 e. The Morgan fingerprint density at radius 1 is 1.38 bits per heavy atom. The molecule has 0 amide bonds. The molecule has 0 spiro atoms. The third-order valence-electron chi connectivity index (χ3n) is 1.60. The van der Waals surface area contributed by atoms with E-state index in [9.17, 15) is 18.0 Å². The minimum Gasteiger partial charge on any atom is -0.472 e. The van der Waals surface area contributed by atoms with Crippen LogP contribution in [0.1, 0.15) is 11.1 Å². The van der Waals surface area contributed by atoms with Crippen molar-refractivity contribution in [2.45, 2.75) is 6.18 Å². The molecule has 1 aromatic rings. The number of hydrogen-bond acceptors (Lipinski definition) is 1. The summed E-state index contributed by atoms with van der Waals surface area (Å²) in [5, 5.41) is 8.28. The first-order valence-corrected chi connectivity index (χ1v) is 4.71. The predicted molar refractivity (Wildman–Crippen MR) is 53.7 cm³/mol. The van der Waals surface area contributed by atoms with Gasteiger partial charge in [-0.1, -0.05) is 5.92 Å². The van der Waals surface area contributed by atoms with E-state index in [0.29, 0.717) is 4.47 Å². The quantitative estimate of drug-likeness (QED) is 0.747. The minimum atomic E-state index is -4.47. The molecule has 6 heteroatoms. The molecule has 84 valence electrons. The first kappa shape index (κ1) is 12.6. The molecule has 1 aromatic carbocycles. The number of carboxylic acid groups (broad SMARTS) is 1. The number of benzene rings is 1. The number of alkyl halides is 3. The molecule has 0 aliphatic carbocycles. The summed E-state index contributed by atoms with van der Waals surface area (Å²) in [4.78, 5) is 10.2.